The first-order chi connectivity index (χ1) is 17.8. The quantitative estimate of drug-likeness (QED) is 0.418. The van der Waals surface area contributed by atoms with Gasteiger partial charge in [0, 0.05) is 44.5 Å². The van der Waals surface area contributed by atoms with Crippen LogP contribution in [0.2, 0.25) is 0 Å². The molecule has 4 heterocycles. The Morgan fingerprint density at radius 3 is 2.59 bits per heavy atom. The summed E-state index contributed by atoms with van der Waals surface area (Å²) in [5.41, 5.74) is 5.01. The van der Waals surface area contributed by atoms with Gasteiger partial charge in [0.2, 0.25) is 0 Å². The maximum absolute atomic E-state index is 14.3. The molecule has 1 aliphatic rings. The van der Waals surface area contributed by atoms with Crippen molar-refractivity contribution in [3.63, 3.8) is 0 Å². The highest BCUT2D eigenvalue weighted by Crippen LogP contribution is 2.35. The highest BCUT2D eigenvalue weighted by Gasteiger charge is 2.36. The fourth-order valence-corrected chi connectivity index (χ4v) is 5.29. The number of halogens is 1. The smallest absolute Gasteiger partial charge is 0.252 e. The Bertz CT molecular complexity index is 1560. The van der Waals surface area contributed by atoms with E-state index in [-0.39, 0.29) is 29.5 Å². The van der Waals surface area contributed by atoms with Crippen molar-refractivity contribution in [2.45, 2.75) is 38.9 Å². The number of hydrogen-bond acceptors (Lipinski definition) is 6. The van der Waals surface area contributed by atoms with Crippen molar-refractivity contribution in [2.75, 3.05) is 18.0 Å². The van der Waals surface area contributed by atoms with Crippen LogP contribution in [0.5, 0.6) is 0 Å². The molecular formula is C29H29FN6O. The molecule has 7 nitrogen and oxygen atoms in total. The Morgan fingerprint density at radius 1 is 1.08 bits per heavy atom. The normalized spacial score (nSPS) is 19.1. The molecule has 1 aromatic carbocycles. The Kier molecular flexibility index (Phi) is 6.48. The van der Waals surface area contributed by atoms with Crippen LogP contribution in [0.3, 0.4) is 0 Å². The topological polar surface area (TPSA) is 78.0 Å². The molecule has 1 saturated heterocycles. The third kappa shape index (κ3) is 4.58. The first-order valence-corrected chi connectivity index (χ1v) is 12.4. The predicted octanol–water partition coefficient (Wildman–Crippen LogP) is 4.34. The average molecular weight is 497 g/mol. The zero-order valence-corrected chi connectivity index (χ0v) is 21.4. The molecular weight excluding hydrogens is 467 g/mol. The van der Waals surface area contributed by atoms with E-state index in [1.54, 1.807) is 41.9 Å². The lowest BCUT2D eigenvalue weighted by Gasteiger charge is -2.48. The van der Waals surface area contributed by atoms with Crippen LogP contribution >= 0.6 is 0 Å². The van der Waals surface area contributed by atoms with E-state index in [4.69, 9.17) is 4.98 Å². The number of pyridine rings is 3. The van der Waals surface area contributed by atoms with Gasteiger partial charge in [0.05, 0.1) is 22.9 Å². The Balaban J connectivity index is 1.56. The lowest BCUT2D eigenvalue weighted by molar-refractivity contribution is 0.127. The first-order valence-electron chi connectivity index (χ1n) is 12.4. The van der Waals surface area contributed by atoms with Crippen LogP contribution in [-0.4, -0.2) is 44.6 Å². The third-order valence-corrected chi connectivity index (χ3v) is 7.24. The largest absolute Gasteiger partial charge is 0.364 e. The summed E-state index contributed by atoms with van der Waals surface area (Å²) in [6.07, 6.45) is 1.84. The number of nitriles is 1. The van der Waals surface area contributed by atoms with Crippen molar-refractivity contribution in [3.05, 3.63) is 99.5 Å². The summed E-state index contributed by atoms with van der Waals surface area (Å²) >= 11 is 0. The predicted molar refractivity (Wildman–Crippen MR) is 142 cm³/mol. The molecule has 0 bridgehead atoms. The lowest BCUT2D eigenvalue weighted by atomic mass is 9.96. The molecule has 188 valence electrons. The van der Waals surface area contributed by atoms with Gasteiger partial charge in [-0.25, -0.2) is 9.37 Å². The van der Waals surface area contributed by atoms with Crippen LogP contribution < -0.4 is 10.5 Å². The number of hydrogen-bond donors (Lipinski definition) is 0. The summed E-state index contributed by atoms with van der Waals surface area (Å²) in [4.78, 5) is 26.7. The molecule has 4 aromatic rings. The number of nitrogens with zero attached hydrogens (tertiary/aromatic N) is 6. The van der Waals surface area contributed by atoms with Gasteiger partial charge in [-0.05, 0) is 62.2 Å². The molecule has 3 aromatic heterocycles. The molecule has 37 heavy (non-hydrogen) atoms. The molecule has 5 rings (SSSR count). The van der Waals surface area contributed by atoms with E-state index < -0.39 is 0 Å². The van der Waals surface area contributed by atoms with E-state index >= 15 is 0 Å². The standard InChI is InChI=1S/C29H29FN6O/c1-18-8-10-24(32-15-18)29(21-6-5-7-22(30)12-21)36-17-19(2)35(16-20(36)3)26-13-27(37)34(4)25-11-9-23(14-31)33-28(25)26/h5-13,15,19-20,29H,16-17H2,1-4H3/t19-,20+,29?/m0/s1. The van der Waals surface area contributed by atoms with Gasteiger partial charge < -0.3 is 9.47 Å². The molecule has 1 aliphatic heterocycles. The van der Waals surface area contributed by atoms with E-state index in [2.05, 4.69) is 34.7 Å². The van der Waals surface area contributed by atoms with Crippen molar-refractivity contribution in [3.8, 4) is 6.07 Å². The number of rotatable bonds is 4. The molecule has 0 saturated carbocycles. The number of anilines is 1. The van der Waals surface area contributed by atoms with Crippen LogP contribution in [0.15, 0.2) is 65.6 Å². The maximum atomic E-state index is 14.3. The molecule has 0 N–H and O–H groups in total. The van der Waals surface area contributed by atoms with Crippen molar-refractivity contribution in [2.24, 2.45) is 7.05 Å². The summed E-state index contributed by atoms with van der Waals surface area (Å²) in [5, 5.41) is 9.43. The number of aromatic nitrogens is 3. The molecule has 1 fully saturated rings. The minimum Gasteiger partial charge on any atom is -0.364 e. The highest BCUT2D eigenvalue weighted by atomic mass is 19.1. The zero-order chi connectivity index (χ0) is 26.3. The van der Waals surface area contributed by atoms with Crippen molar-refractivity contribution in [1.29, 1.82) is 5.26 Å². The fourth-order valence-electron chi connectivity index (χ4n) is 5.29. The van der Waals surface area contributed by atoms with E-state index in [1.807, 2.05) is 31.3 Å². The van der Waals surface area contributed by atoms with Gasteiger partial charge >= 0.3 is 0 Å². The highest BCUT2D eigenvalue weighted by molar-refractivity contribution is 5.89. The van der Waals surface area contributed by atoms with Crippen molar-refractivity contribution < 1.29 is 4.39 Å². The second kappa shape index (κ2) is 9.75. The summed E-state index contributed by atoms with van der Waals surface area (Å²) in [7, 11) is 1.71. The maximum Gasteiger partial charge on any atom is 0.252 e. The van der Waals surface area contributed by atoms with E-state index in [0.717, 1.165) is 22.5 Å². The minimum absolute atomic E-state index is 0.0144. The Morgan fingerprint density at radius 2 is 1.89 bits per heavy atom. The van der Waals surface area contributed by atoms with Gasteiger partial charge in [0.15, 0.2) is 0 Å². The first kappa shape index (κ1) is 24.6. The van der Waals surface area contributed by atoms with E-state index in [1.165, 1.54) is 6.07 Å². The van der Waals surface area contributed by atoms with Crippen LogP contribution in [0.25, 0.3) is 11.0 Å². The van der Waals surface area contributed by atoms with Gasteiger partial charge in [-0.1, -0.05) is 18.2 Å². The molecule has 0 radical (unpaired) electrons. The van der Waals surface area contributed by atoms with Gasteiger partial charge in [-0.15, -0.1) is 0 Å². The summed E-state index contributed by atoms with van der Waals surface area (Å²) < 4.78 is 15.9. The lowest BCUT2D eigenvalue weighted by Crippen LogP contribution is -2.57. The number of benzene rings is 1. The second-order valence-corrected chi connectivity index (χ2v) is 9.87. The molecule has 0 amide bonds. The van der Waals surface area contributed by atoms with Gasteiger partial charge in [0.1, 0.15) is 23.1 Å². The third-order valence-electron chi connectivity index (χ3n) is 7.24. The zero-order valence-electron chi connectivity index (χ0n) is 21.4. The molecule has 0 spiro atoms. The van der Waals surface area contributed by atoms with Crippen LogP contribution in [-0.2, 0) is 7.05 Å². The summed E-state index contributed by atoms with van der Waals surface area (Å²) in [6.45, 7) is 7.53. The van der Waals surface area contributed by atoms with Gasteiger partial charge in [-0.3, -0.25) is 14.7 Å². The summed E-state index contributed by atoms with van der Waals surface area (Å²) in [6, 6.07) is 17.7. The number of fused-ring (bicyclic) bond motifs is 1. The second-order valence-electron chi connectivity index (χ2n) is 9.87. The van der Waals surface area contributed by atoms with Crippen LogP contribution in [0.4, 0.5) is 10.1 Å². The number of piperazine rings is 1. The van der Waals surface area contributed by atoms with Gasteiger partial charge in [-0.2, -0.15) is 5.26 Å². The minimum atomic E-state index is -0.278. The van der Waals surface area contributed by atoms with E-state index in [9.17, 15) is 14.4 Å². The molecule has 3 atom stereocenters. The molecule has 8 heteroatoms. The van der Waals surface area contributed by atoms with Gasteiger partial charge in [0.25, 0.3) is 5.56 Å². The average Bonchev–Trinajstić information content (AvgIpc) is 2.89. The SMILES string of the molecule is Cc1ccc(C(c2cccc(F)c2)N2C[C@H](C)N(c3cc(=O)n(C)c4ccc(C#N)nc34)C[C@H]2C)nc1. The van der Waals surface area contributed by atoms with Crippen LogP contribution in [0, 0.1) is 24.1 Å². The van der Waals surface area contributed by atoms with Crippen molar-refractivity contribution in [1.82, 2.24) is 19.4 Å². The van der Waals surface area contributed by atoms with Crippen LogP contribution in [0.1, 0.15) is 42.4 Å². The Hall–Kier alpha value is -4.09. The van der Waals surface area contributed by atoms with Crippen molar-refractivity contribution >= 4 is 16.7 Å². The Labute approximate surface area is 215 Å². The molecule has 1 unspecified atom stereocenters. The van der Waals surface area contributed by atoms with E-state index in [0.29, 0.717) is 29.8 Å². The molecule has 0 aliphatic carbocycles. The monoisotopic (exact) mass is 496 g/mol. The fraction of sp³-hybridized carbons (Fsp3) is 0.310. The summed E-state index contributed by atoms with van der Waals surface area (Å²) in [5.74, 6) is -0.278. The number of aryl methyl sites for hydroxylation is 2.